The van der Waals surface area contributed by atoms with Gasteiger partial charge in [0.2, 0.25) is 5.91 Å². The number of nitrogens with zero attached hydrogens (tertiary/aromatic N) is 1. The molecule has 1 heterocycles. The normalized spacial score (nSPS) is 11.6. The summed E-state index contributed by atoms with van der Waals surface area (Å²) in [4.78, 5) is 16.1. The standard InChI is InChI=1S/C13H17N3O2S/c1-4-18-8-5-6-9-10(7-8)19-12(15-9)16-11(17)13(2,3)14/h5-7H,4,14H2,1-3H3,(H,15,16,17). The molecule has 0 unspecified atom stereocenters. The van der Waals surface area contributed by atoms with Crippen molar-refractivity contribution in [3.63, 3.8) is 0 Å². The summed E-state index contributed by atoms with van der Waals surface area (Å²) in [5, 5.41) is 3.27. The Labute approximate surface area is 115 Å². The van der Waals surface area contributed by atoms with E-state index >= 15 is 0 Å². The summed E-state index contributed by atoms with van der Waals surface area (Å²) in [7, 11) is 0. The molecule has 0 saturated heterocycles. The molecule has 6 heteroatoms. The Kier molecular flexibility index (Phi) is 3.73. The topological polar surface area (TPSA) is 77.2 Å². The molecule has 3 N–H and O–H groups in total. The largest absolute Gasteiger partial charge is 0.494 e. The van der Waals surface area contributed by atoms with Gasteiger partial charge < -0.3 is 15.8 Å². The first-order valence-corrected chi connectivity index (χ1v) is 6.85. The Hall–Kier alpha value is -1.66. The van der Waals surface area contributed by atoms with Gasteiger partial charge in [0.05, 0.1) is 22.4 Å². The number of nitrogens with one attached hydrogen (secondary N) is 1. The van der Waals surface area contributed by atoms with Gasteiger partial charge in [-0.2, -0.15) is 0 Å². The van der Waals surface area contributed by atoms with Crippen molar-refractivity contribution >= 4 is 32.6 Å². The van der Waals surface area contributed by atoms with Gasteiger partial charge in [-0.1, -0.05) is 11.3 Å². The molecule has 0 fully saturated rings. The zero-order valence-corrected chi connectivity index (χ0v) is 12.0. The van der Waals surface area contributed by atoms with Crippen LogP contribution >= 0.6 is 11.3 Å². The highest BCUT2D eigenvalue weighted by Crippen LogP contribution is 2.29. The highest BCUT2D eigenvalue weighted by molar-refractivity contribution is 7.22. The van der Waals surface area contributed by atoms with Crippen LogP contribution in [0.1, 0.15) is 20.8 Å². The molecule has 1 amide bonds. The maximum Gasteiger partial charge on any atom is 0.245 e. The van der Waals surface area contributed by atoms with E-state index in [2.05, 4.69) is 10.3 Å². The molecule has 0 spiro atoms. The molecule has 0 atom stereocenters. The van der Waals surface area contributed by atoms with E-state index in [9.17, 15) is 4.79 Å². The Morgan fingerprint density at radius 3 is 2.89 bits per heavy atom. The van der Waals surface area contributed by atoms with Crippen molar-refractivity contribution in [1.82, 2.24) is 4.98 Å². The van der Waals surface area contributed by atoms with E-state index in [0.717, 1.165) is 16.0 Å². The van der Waals surface area contributed by atoms with Gasteiger partial charge in [0.15, 0.2) is 5.13 Å². The number of fused-ring (bicyclic) bond motifs is 1. The maximum atomic E-state index is 11.8. The van der Waals surface area contributed by atoms with Crippen LogP contribution in [0.3, 0.4) is 0 Å². The quantitative estimate of drug-likeness (QED) is 0.900. The molecule has 0 bridgehead atoms. The predicted molar refractivity (Wildman–Crippen MR) is 77.7 cm³/mol. The van der Waals surface area contributed by atoms with Gasteiger partial charge >= 0.3 is 0 Å². The maximum absolute atomic E-state index is 11.8. The monoisotopic (exact) mass is 279 g/mol. The van der Waals surface area contributed by atoms with Crippen molar-refractivity contribution in [3.05, 3.63) is 18.2 Å². The molecule has 0 radical (unpaired) electrons. The number of nitrogens with two attached hydrogens (primary N) is 1. The second kappa shape index (κ2) is 5.14. The van der Waals surface area contributed by atoms with Gasteiger partial charge in [-0.25, -0.2) is 4.98 Å². The number of carbonyl (C=O) groups is 1. The summed E-state index contributed by atoms with van der Waals surface area (Å²) >= 11 is 1.40. The third-order valence-corrected chi connectivity index (χ3v) is 3.41. The molecular weight excluding hydrogens is 262 g/mol. The summed E-state index contributed by atoms with van der Waals surface area (Å²) in [6, 6.07) is 5.66. The van der Waals surface area contributed by atoms with Crippen molar-refractivity contribution in [2.45, 2.75) is 26.3 Å². The molecular formula is C13H17N3O2S. The van der Waals surface area contributed by atoms with Gasteiger partial charge in [0, 0.05) is 0 Å². The second-order valence-electron chi connectivity index (χ2n) is 4.76. The van der Waals surface area contributed by atoms with Crippen LogP contribution in [-0.4, -0.2) is 23.0 Å². The number of carbonyl (C=O) groups excluding carboxylic acids is 1. The highest BCUT2D eigenvalue weighted by atomic mass is 32.1. The Morgan fingerprint density at radius 1 is 1.53 bits per heavy atom. The minimum atomic E-state index is -0.922. The minimum Gasteiger partial charge on any atom is -0.494 e. The summed E-state index contributed by atoms with van der Waals surface area (Å²) in [6.45, 7) is 5.87. The van der Waals surface area contributed by atoms with Crippen LogP contribution in [0.25, 0.3) is 10.2 Å². The van der Waals surface area contributed by atoms with E-state index in [4.69, 9.17) is 10.5 Å². The van der Waals surface area contributed by atoms with Crippen LogP contribution in [-0.2, 0) is 4.79 Å². The van der Waals surface area contributed by atoms with Crippen LogP contribution < -0.4 is 15.8 Å². The molecule has 19 heavy (non-hydrogen) atoms. The molecule has 0 aliphatic carbocycles. The summed E-state index contributed by atoms with van der Waals surface area (Å²) in [5.74, 6) is 0.548. The Morgan fingerprint density at radius 2 is 2.26 bits per heavy atom. The first-order valence-electron chi connectivity index (χ1n) is 6.04. The summed E-state index contributed by atoms with van der Waals surface area (Å²) in [6.07, 6.45) is 0. The summed E-state index contributed by atoms with van der Waals surface area (Å²) < 4.78 is 6.40. The Bertz CT molecular complexity index is 601. The first kappa shape index (κ1) is 13.8. The minimum absolute atomic E-state index is 0.253. The van der Waals surface area contributed by atoms with Gasteiger partial charge in [-0.3, -0.25) is 4.79 Å². The third-order valence-electron chi connectivity index (χ3n) is 2.48. The van der Waals surface area contributed by atoms with Crippen molar-refractivity contribution in [1.29, 1.82) is 0 Å². The number of hydrogen-bond donors (Lipinski definition) is 2. The first-order chi connectivity index (χ1) is 8.90. The predicted octanol–water partition coefficient (Wildman–Crippen LogP) is 2.37. The molecule has 0 saturated carbocycles. The average molecular weight is 279 g/mol. The number of amides is 1. The number of ether oxygens (including phenoxy) is 1. The van der Waals surface area contributed by atoms with Crippen molar-refractivity contribution in [2.75, 3.05) is 11.9 Å². The average Bonchev–Trinajstić information content (AvgIpc) is 2.69. The fraction of sp³-hybridized carbons (Fsp3) is 0.385. The lowest BCUT2D eigenvalue weighted by Gasteiger charge is -2.15. The number of anilines is 1. The number of hydrogen-bond acceptors (Lipinski definition) is 5. The molecule has 2 rings (SSSR count). The van der Waals surface area contributed by atoms with Crippen molar-refractivity contribution in [2.24, 2.45) is 5.73 Å². The lowest BCUT2D eigenvalue weighted by atomic mass is 10.1. The van der Waals surface area contributed by atoms with Crippen LogP contribution in [0, 0.1) is 0 Å². The van der Waals surface area contributed by atoms with Crippen LogP contribution in [0.15, 0.2) is 18.2 Å². The van der Waals surface area contributed by atoms with E-state index in [1.807, 2.05) is 25.1 Å². The van der Waals surface area contributed by atoms with Gasteiger partial charge in [0.1, 0.15) is 5.75 Å². The third kappa shape index (κ3) is 3.21. The lowest BCUT2D eigenvalue weighted by Crippen LogP contribution is -2.45. The molecule has 1 aromatic carbocycles. The van der Waals surface area contributed by atoms with Crippen molar-refractivity contribution < 1.29 is 9.53 Å². The molecule has 1 aromatic heterocycles. The molecule has 0 aliphatic heterocycles. The number of benzene rings is 1. The molecule has 5 nitrogen and oxygen atoms in total. The molecule has 2 aromatic rings. The fourth-order valence-electron chi connectivity index (χ4n) is 1.47. The number of thiazole rings is 1. The van der Waals surface area contributed by atoms with E-state index in [1.165, 1.54) is 11.3 Å². The molecule has 0 aliphatic rings. The van der Waals surface area contributed by atoms with Gasteiger partial charge in [0.25, 0.3) is 0 Å². The number of rotatable bonds is 4. The zero-order valence-electron chi connectivity index (χ0n) is 11.2. The summed E-state index contributed by atoms with van der Waals surface area (Å²) in [5.41, 5.74) is 5.64. The molecule has 102 valence electrons. The van der Waals surface area contributed by atoms with Crippen LogP contribution in [0.5, 0.6) is 5.75 Å². The highest BCUT2D eigenvalue weighted by Gasteiger charge is 2.22. The zero-order chi connectivity index (χ0) is 14.0. The fourth-order valence-corrected chi connectivity index (χ4v) is 2.36. The van der Waals surface area contributed by atoms with E-state index in [0.29, 0.717) is 11.7 Å². The lowest BCUT2D eigenvalue weighted by molar-refractivity contribution is -0.120. The van der Waals surface area contributed by atoms with E-state index in [-0.39, 0.29) is 5.91 Å². The van der Waals surface area contributed by atoms with Gasteiger partial charge in [-0.15, -0.1) is 0 Å². The second-order valence-corrected chi connectivity index (χ2v) is 5.79. The number of aromatic nitrogens is 1. The van der Waals surface area contributed by atoms with Crippen molar-refractivity contribution in [3.8, 4) is 5.75 Å². The van der Waals surface area contributed by atoms with E-state index in [1.54, 1.807) is 13.8 Å². The van der Waals surface area contributed by atoms with Crippen LogP contribution in [0.2, 0.25) is 0 Å². The SMILES string of the molecule is CCOc1ccc2nc(NC(=O)C(C)(C)N)sc2c1. The van der Waals surface area contributed by atoms with Crippen LogP contribution in [0.4, 0.5) is 5.13 Å². The van der Waals surface area contributed by atoms with E-state index < -0.39 is 5.54 Å². The Balaban J connectivity index is 2.24. The van der Waals surface area contributed by atoms with Gasteiger partial charge in [-0.05, 0) is 39.0 Å². The smallest absolute Gasteiger partial charge is 0.245 e.